The molecule has 0 aliphatic carbocycles. The van der Waals surface area contributed by atoms with Gasteiger partial charge in [0.2, 0.25) is 0 Å². The second-order valence-electron chi connectivity index (χ2n) is 5.30. The van der Waals surface area contributed by atoms with Crippen LogP contribution in [0.5, 0.6) is 0 Å². The molecule has 0 aromatic carbocycles. The Morgan fingerprint density at radius 2 is 1.08 bits per heavy atom. The molecule has 25 heavy (non-hydrogen) atoms. The lowest BCUT2D eigenvalue weighted by molar-refractivity contribution is 0.0990. The molecule has 0 N–H and O–H groups in total. The lowest BCUT2D eigenvalue weighted by atomic mass is 10.3. The highest BCUT2D eigenvalue weighted by Gasteiger charge is 2.20. The molecule has 0 aliphatic rings. The number of hydrogen-bond donors (Lipinski definition) is 0. The van der Waals surface area contributed by atoms with E-state index >= 15 is 0 Å². The molecule has 3 rings (SSSR count). The van der Waals surface area contributed by atoms with Crippen molar-refractivity contribution < 1.29 is 9.59 Å². The van der Waals surface area contributed by atoms with Gasteiger partial charge >= 0.3 is 0 Å². The Hall–Kier alpha value is -3.06. The minimum absolute atomic E-state index is 0.165. The van der Waals surface area contributed by atoms with Gasteiger partial charge in [-0.3, -0.25) is 19.6 Å². The van der Waals surface area contributed by atoms with E-state index in [0.29, 0.717) is 9.75 Å². The van der Waals surface area contributed by atoms with E-state index < -0.39 is 0 Å². The summed E-state index contributed by atoms with van der Waals surface area (Å²) in [6.45, 7) is 0. The largest absolute Gasteiger partial charge is 0.311 e. The van der Waals surface area contributed by atoms with Gasteiger partial charge < -0.3 is 9.80 Å². The second kappa shape index (κ2) is 7.23. The molecule has 0 atom stereocenters. The standard InChI is InChI=1S/C18H16N4O2S/c1-21(13-5-9-19-10-6-13)17(23)15-3-4-16(25-15)18(24)22(2)14-7-11-20-12-8-14/h3-12H,1-2H3. The normalized spacial score (nSPS) is 10.3. The van der Waals surface area contributed by atoms with Gasteiger partial charge in [-0.1, -0.05) is 0 Å². The minimum Gasteiger partial charge on any atom is -0.311 e. The summed E-state index contributed by atoms with van der Waals surface area (Å²) in [6.07, 6.45) is 6.52. The monoisotopic (exact) mass is 352 g/mol. The van der Waals surface area contributed by atoms with Crippen LogP contribution in [0.15, 0.2) is 61.2 Å². The average Bonchev–Trinajstić information content (AvgIpc) is 3.17. The van der Waals surface area contributed by atoms with Crippen LogP contribution >= 0.6 is 11.3 Å². The molecule has 6 nitrogen and oxygen atoms in total. The molecular formula is C18H16N4O2S. The van der Waals surface area contributed by atoms with E-state index in [1.165, 1.54) is 21.1 Å². The van der Waals surface area contributed by atoms with Gasteiger partial charge in [0.05, 0.1) is 9.75 Å². The van der Waals surface area contributed by atoms with E-state index in [4.69, 9.17) is 0 Å². The third-order valence-electron chi connectivity index (χ3n) is 3.74. The van der Waals surface area contributed by atoms with Crippen molar-refractivity contribution >= 4 is 34.5 Å². The zero-order valence-corrected chi connectivity index (χ0v) is 14.6. The molecule has 2 amide bonds. The summed E-state index contributed by atoms with van der Waals surface area (Å²) in [4.78, 5) is 37.2. The van der Waals surface area contributed by atoms with Crippen molar-refractivity contribution in [3.63, 3.8) is 0 Å². The topological polar surface area (TPSA) is 66.4 Å². The summed E-state index contributed by atoms with van der Waals surface area (Å²) in [5.41, 5.74) is 1.49. The van der Waals surface area contributed by atoms with Crippen molar-refractivity contribution in [1.29, 1.82) is 0 Å². The van der Waals surface area contributed by atoms with Gasteiger partial charge in [0.25, 0.3) is 11.8 Å². The molecule has 3 aromatic heterocycles. The van der Waals surface area contributed by atoms with Gasteiger partial charge in [0, 0.05) is 50.3 Å². The van der Waals surface area contributed by atoms with Crippen LogP contribution in [0.4, 0.5) is 11.4 Å². The quantitative estimate of drug-likeness (QED) is 0.724. The Labute approximate surface area is 149 Å². The number of rotatable bonds is 4. The number of aromatic nitrogens is 2. The van der Waals surface area contributed by atoms with Crippen LogP contribution in [-0.2, 0) is 0 Å². The molecule has 7 heteroatoms. The fourth-order valence-electron chi connectivity index (χ4n) is 2.27. The number of amides is 2. The van der Waals surface area contributed by atoms with E-state index in [0.717, 1.165) is 11.4 Å². The fraction of sp³-hybridized carbons (Fsp3) is 0.111. The molecule has 3 aromatic rings. The molecule has 0 fully saturated rings. The lowest BCUT2D eigenvalue weighted by Gasteiger charge is -2.16. The van der Waals surface area contributed by atoms with Crippen LogP contribution in [0.1, 0.15) is 19.3 Å². The molecule has 0 radical (unpaired) electrons. The van der Waals surface area contributed by atoms with Crippen molar-refractivity contribution in [1.82, 2.24) is 9.97 Å². The maximum Gasteiger partial charge on any atom is 0.268 e. The third kappa shape index (κ3) is 3.56. The van der Waals surface area contributed by atoms with Crippen molar-refractivity contribution in [3.8, 4) is 0 Å². The highest BCUT2D eigenvalue weighted by Crippen LogP contribution is 2.23. The molecule has 0 spiro atoms. The van der Waals surface area contributed by atoms with Crippen molar-refractivity contribution in [3.05, 3.63) is 70.9 Å². The number of thiophene rings is 1. The van der Waals surface area contributed by atoms with Gasteiger partial charge in [0.15, 0.2) is 0 Å². The van der Waals surface area contributed by atoms with Crippen LogP contribution in [0, 0.1) is 0 Å². The summed E-state index contributed by atoms with van der Waals surface area (Å²) in [6, 6.07) is 10.4. The Bertz CT molecular complexity index is 808. The Balaban J connectivity index is 1.78. The average molecular weight is 352 g/mol. The summed E-state index contributed by atoms with van der Waals surface area (Å²) < 4.78 is 0. The predicted octanol–water partition coefficient (Wildman–Crippen LogP) is 3.09. The van der Waals surface area contributed by atoms with E-state index in [-0.39, 0.29) is 11.8 Å². The van der Waals surface area contributed by atoms with Crippen LogP contribution < -0.4 is 9.80 Å². The van der Waals surface area contributed by atoms with Crippen LogP contribution in [-0.4, -0.2) is 35.9 Å². The molecule has 3 heterocycles. The number of hydrogen-bond acceptors (Lipinski definition) is 5. The Morgan fingerprint density at radius 1 is 0.720 bits per heavy atom. The van der Waals surface area contributed by atoms with Gasteiger partial charge in [0.1, 0.15) is 0 Å². The van der Waals surface area contributed by atoms with Gasteiger partial charge in [-0.15, -0.1) is 11.3 Å². The first-order valence-electron chi connectivity index (χ1n) is 7.54. The highest BCUT2D eigenvalue weighted by atomic mass is 32.1. The zero-order valence-electron chi connectivity index (χ0n) is 13.8. The second-order valence-corrected chi connectivity index (χ2v) is 6.39. The molecule has 126 valence electrons. The predicted molar refractivity (Wildman–Crippen MR) is 98.3 cm³/mol. The van der Waals surface area contributed by atoms with E-state index in [9.17, 15) is 9.59 Å². The van der Waals surface area contributed by atoms with Gasteiger partial charge in [-0.25, -0.2) is 0 Å². The van der Waals surface area contributed by atoms with Crippen LogP contribution in [0.25, 0.3) is 0 Å². The third-order valence-corrected chi connectivity index (χ3v) is 4.80. The lowest BCUT2D eigenvalue weighted by Crippen LogP contribution is -2.26. The number of pyridine rings is 2. The smallest absolute Gasteiger partial charge is 0.268 e. The Morgan fingerprint density at radius 3 is 1.44 bits per heavy atom. The number of carbonyl (C=O) groups excluding carboxylic acids is 2. The first-order valence-corrected chi connectivity index (χ1v) is 8.35. The van der Waals surface area contributed by atoms with Crippen LogP contribution in [0.2, 0.25) is 0 Å². The van der Waals surface area contributed by atoms with E-state index in [1.807, 2.05) is 0 Å². The maximum atomic E-state index is 12.6. The van der Waals surface area contributed by atoms with Crippen molar-refractivity contribution in [2.24, 2.45) is 0 Å². The summed E-state index contributed by atoms with van der Waals surface area (Å²) >= 11 is 1.18. The first kappa shape index (κ1) is 16.8. The molecule has 0 bridgehead atoms. The highest BCUT2D eigenvalue weighted by molar-refractivity contribution is 7.16. The zero-order chi connectivity index (χ0) is 17.8. The van der Waals surface area contributed by atoms with Crippen molar-refractivity contribution in [2.75, 3.05) is 23.9 Å². The van der Waals surface area contributed by atoms with Crippen molar-refractivity contribution in [2.45, 2.75) is 0 Å². The minimum atomic E-state index is -0.165. The SMILES string of the molecule is CN(C(=O)c1ccc(C(=O)N(C)c2ccncc2)s1)c1ccncc1. The number of carbonyl (C=O) groups is 2. The van der Waals surface area contributed by atoms with Gasteiger partial charge in [-0.05, 0) is 36.4 Å². The maximum absolute atomic E-state index is 12.6. The van der Waals surface area contributed by atoms with E-state index in [1.54, 1.807) is 75.3 Å². The molecule has 0 saturated carbocycles. The Kier molecular flexibility index (Phi) is 4.85. The van der Waals surface area contributed by atoms with Crippen LogP contribution in [0.3, 0.4) is 0 Å². The van der Waals surface area contributed by atoms with Gasteiger partial charge in [-0.2, -0.15) is 0 Å². The molecule has 0 saturated heterocycles. The summed E-state index contributed by atoms with van der Waals surface area (Å²) in [7, 11) is 3.39. The van der Waals surface area contributed by atoms with E-state index in [2.05, 4.69) is 9.97 Å². The summed E-state index contributed by atoms with van der Waals surface area (Å²) in [5.74, 6) is -0.330. The number of nitrogens with zero attached hydrogens (tertiary/aromatic N) is 4. The first-order chi connectivity index (χ1) is 12.1. The summed E-state index contributed by atoms with van der Waals surface area (Å²) in [5, 5.41) is 0. The molecule has 0 unspecified atom stereocenters. The molecular weight excluding hydrogens is 336 g/mol. The fourth-order valence-corrected chi connectivity index (χ4v) is 3.23. The number of anilines is 2. The molecule has 0 aliphatic heterocycles.